The number of ether oxygens (including phenoxy) is 1. The van der Waals surface area contributed by atoms with Crippen LogP contribution in [-0.2, 0) is 14.6 Å². The maximum absolute atomic E-state index is 12.0. The molecule has 0 heterocycles. The molecule has 0 saturated carbocycles. The van der Waals surface area contributed by atoms with Crippen LogP contribution in [-0.4, -0.2) is 45.2 Å². The van der Waals surface area contributed by atoms with Crippen molar-refractivity contribution in [3.05, 3.63) is 0 Å². The fourth-order valence-corrected chi connectivity index (χ4v) is 2.78. The van der Waals surface area contributed by atoms with Crippen LogP contribution in [0, 0.1) is 0 Å². The second-order valence-corrected chi connectivity index (χ2v) is 8.54. The first-order chi connectivity index (χ1) is 8.24. The van der Waals surface area contributed by atoms with Crippen LogP contribution in [0.1, 0.15) is 47.0 Å². The molecule has 1 N–H and O–H groups in total. The van der Waals surface area contributed by atoms with Gasteiger partial charge in [0.15, 0.2) is 9.84 Å². The van der Waals surface area contributed by atoms with Gasteiger partial charge in [0, 0.05) is 13.2 Å². The summed E-state index contributed by atoms with van der Waals surface area (Å²) in [6, 6.07) is 0.255. The monoisotopic (exact) mass is 279 g/mol. The van der Waals surface area contributed by atoms with Gasteiger partial charge in [0.05, 0.1) is 17.1 Å². The summed E-state index contributed by atoms with van der Waals surface area (Å²) in [7, 11) is -1.32. The van der Waals surface area contributed by atoms with Gasteiger partial charge in [-0.2, -0.15) is 0 Å². The number of rotatable bonds is 9. The van der Waals surface area contributed by atoms with Gasteiger partial charge >= 0.3 is 0 Å². The summed E-state index contributed by atoms with van der Waals surface area (Å²) in [5.74, 6) is 0.254. The molecule has 18 heavy (non-hydrogen) atoms. The van der Waals surface area contributed by atoms with E-state index in [0.717, 1.165) is 19.4 Å². The first-order valence-corrected chi connectivity index (χ1v) is 8.34. The van der Waals surface area contributed by atoms with Crippen molar-refractivity contribution in [1.82, 2.24) is 5.32 Å². The molecule has 0 fully saturated rings. The van der Waals surface area contributed by atoms with Gasteiger partial charge in [-0.25, -0.2) is 8.42 Å². The van der Waals surface area contributed by atoms with Crippen LogP contribution < -0.4 is 5.32 Å². The largest absolute Gasteiger partial charge is 0.383 e. The molecule has 110 valence electrons. The lowest BCUT2D eigenvalue weighted by Gasteiger charge is -2.21. The van der Waals surface area contributed by atoms with E-state index in [2.05, 4.69) is 12.2 Å². The first kappa shape index (κ1) is 17.9. The van der Waals surface area contributed by atoms with Crippen LogP contribution in [0.2, 0.25) is 0 Å². The van der Waals surface area contributed by atoms with Crippen molar-refractivity contribution in [3.63, 3.8) is 0 Å². The summed E-state index contributed by atoms with van der Waals surface area (Å²) < 4.78 is 28.4. The van der Waals surface area contributed by atoms with Crippen molar-refractivity contribution in [2.75, 3.05) is 26.0 Å². The van der Waals surface area contributed by atoms with E-state index in [0.29, 0.717) is 13.0 Å². The highest BCUT2D eigenvalue weighted by molar-refractivity contribution is 7.92. The Kier molecular flexibility index (Phi) is 8.06. The predicted molar refractivity (Wildman–Crippen MR) is 76.7 cm³/mol. The molecule has 0 aliphatic carbocycles. The molecule has 5 heteroatoms. The third kappa shape index (κ3) is 6.71. The first-order valence-electron chi connectivity index (χ1n) is 6.69. The molecule has 0 radical (unpaired) electrons. The average Bonchev–Trinajstić information content (AvgIpc) is 2.24. The van der Waals surface area contributed by atoms with Gasteiger partial charge < -0.3 is 10.1 Å². The minimum atomic E-state index is -3.00. The van der Waals surface area contributed by atoms with Gasteiger partial charge in [-0.3, -0.25) is 0 Å². The molecular weight excluding hydrogens is 250 g/mol. The van der Waals surface area contributed by atoms with Gasteiger partial charge in [-0.15, -0.1) is 0 Å². The summed E-state index contributed by atoms with van der Waals surface area (Å²) in [5, 5.41) is 3.38. The standard InChI is InChI=1S/C13H29NO3S/c1-6-9-14-12(11-17-5)8-7-10-18(15,16)13(2,3)4/h12,14H,6-11H2,1-5H3. The van der Waals surface area contributed by atoms with Crippen LogP contribution in [0.15, 0.2) is 0 Å². The highest BCUT2D eigenvalue weighted by atomic mass is 32.2. The van der Waals surface area contributed by atoms with Crippen LogP contribution in [0.4, 0.5) is 0 Å². The van der Waals surface area contributed by atoms with Gasteiger partial charge in [0.1, 0.15) is 0 Å². The topological polar surface area (TPSA) is 55.4 Å². The van der Waals surface area contributed by atoms with Gasteiger partial charge in [-0.1, -0.05) is 6.92 Å². The van der Waals surface area contributed by atoms with Crippen LogP contribution >= 0.6 is 0 Å². The zero-order valence-electron chi connectivity index (χ0n) is 12.5. The average molecular weight is 279 g/mol. The Balaban J connectivity index is 4.13. The molecule has 0 rings (SSSR count). The molecule has 0 aliphatic rings. The van der Waals surface area contributed by atoms with E-state index in [9.17, 15) is 8.42 Å². The molecule has 0 aromatic rings. The van der Waals surface area contributed by atoms with E-state index in [-0.39, 0.29) is 11.8 Å². The summed E-state index contributed by atoms with van der Waals surface area (Å²) in [4.78, 5) is 0. The third-order valence-corrected chi connectivity index (χ3v) is 5.64. The van der Waals surface area contributed by atoms with E-state index in [1.54, 1.807) is 27.9 Å². The number of nitrogens with one attached hydrogen (secondary N) is 1. The Morgan fingerprint density at radius 1 is 1.28 bits per heavy atom. The molecule has 0 spiro atoms. The summed E-state index contributed by atoms with van der Waals surface area (Å²) in [6.07, 6.45) is 2.59. The lowest BCUT2D eigenvalue weighted by atomic mass is 10.2. The normalized spacial score (nSPS) is 14.7. The summed E-state index contributed by atoms with van der Waals surface area (Å²) in [5.41, 5.74) is 0. The van der Waals surface area contributed by atoms with E-state index < -0.39 is 14.6 Å². The van der Waals surface area contributed by atoms with E-state index in [1.807, 2.05) is 0 Å². The Morgan fingerprint density at radius 3 is 2.33 bits per heavy atom. The molecule has 4 nitrogen and oxygen atoms in total. The smallest absolute Gasteiger partial charge is 0.155 e. The van der Waals surface area contributed by atoms with Gasteiger partial charge in [0.25, 0.3) is 0 Å². The van der Waals surface area contributed by atoms with E-state index >= 15 is 0 Å². The van der Waals surface area contributed by atoms with Crippen LogP contribution in [0.5, 0.6) is 0 Å². The fraction of sp³-hybridized carbons (Fsp3) is 1.00. The molecule has 0 bridgehead atoms. The molecule has 1 unspecified atom stereocenters. The Bertz CT molecular complexity index is 307. The minimum Gasteiger partial charge on any atom is -0.383 e. The molecule has 0 amide bonds. The minimum absolute atomic E-state index is 0.254. The molecular formula is C13H29NO3S. The summed E-state index contributed by atoms with van der Waals surface area (Å²) >= 11 is 0. The highest BCUT2D eigenvalue weighted by Crippen LogP contribution is 2.17. The number of methoxy groups -OCH3 is 1. The molecule has 0 aromatic carbocycles. The zero-order valence-corrected chi connectivity index (χ0v) is 13.3. The predicted octanol–water partition coefficient (Wildman–Crippen LogP) is 1.99. The highest BCUT2D eigenvalue weighted by Gasteiger charge is 2.28. The maximum atomic E-state index is 12.0. The van der Waals surface area contributed by atoms with E-state index in [4.69, 9.17) is 4.74 Å². The zero-order chi connectivity index (χ0) is 14.2. The lowest BCUT2D eigenvalue weighted by Crippen LogP contribution is -2.35. The van der Waals surface area contributed by atoms with Crippen molar-refractivity contribution in [3.8, 4) is 0 Å². The van der Waals surface area contributed by atoms with Crippen LogP contribution in [0.25, 0.3) is 0 Å². The quantitative estimate of drug-likeness (QED) is 0.701. The number of hydrogen-bond acceptors (Lipinski definition) is 4. The molecule has 1 atom stereocenters. The van der Waals surface area contributed by atoms with Gasteiger partial charge in [-0.05, 0) is 46.6 Å². The maximum Gasteiger partial charge on any atom is 0.155 e. The van der Waals surface area contributed by atoms with Crippen molar-refractivity contribution in [1.29, 1.82) is 0 Å². The van der Waals surface area contributed by atoms with Crippen molar-refractivity contribution < 1.29 is 13.2 Å². The third-order valence-electron chi connectivity index (χ3n) is 2.95. The lowest BCUT2D eigenvalue weighted by molar-refractivity contribution is 0.162. The fourth-order valence-electron chi connectivity index (χ4n) is 1.62. The SMILES string of the molecule is CCCNC(CCCS(=O)(=O)C(C)(C)C)COC. The van der Waals surface area contributed by atoms with Crippen LogP contribution in [0.3, 0.4) is 0 Å². The molecule has 0 aliphatic heterocycles. The molecule has 0 aromatic heterocycles. The Labute approximate surface area is 112 Å². The van der Waals surface area contributed by atoms with E-state index in [1.165, 1.54) is 0 Å². The number of sulfone groups is 1. The number of hydrogen-bond donors (Lipinski definition) is 1. The van der Waals surface area contributed by atoms with Crippen molar-refractivity contribution in [2.24, 2.45) is 0 Å². The summed E-state index contributed by atoms with van der Waals surface area (Å²) in [6.45, 7) is 8.95. The Morgan fingerprint density at radius 2 is 1.89 bits per heavy atom. The van der Waals surface area contributed by atoms with Crippen molar-refractivity contribution in [2.45, 2.75) is 57.7 Å². The second kappa shape index (κ2) is 8.12. The Hall–Kier alpha value is -0.130. The van der Waals surface area contributed by atoms with Gasteiger partial charge in [0.2, 0.25) is 0 Å². The molecule has 0 saturated heterocycles. The second-order valence-electron chi connectivity index (χ2n) is 5.68. The van der Waals surface area contributed by atoms with Crippen molar-refractivity contribution >= 4 is 9.84 Å².